The Bertz CT molecular complexity index is 1810. The van der Waals surface area contributed by atoms with Crippen LogP contribution in [0.25, 0.3) is 44.6 Å². The molecular formula is C35H35FN3+. The van der Waals surface area contributed by atoms with E-state index in [1.54, 1.807) is 12.1 Å². The second kappa shape index (κ2) is 9.53. The monoisotopic (exact) mass is 516 g/mol. The number of hydrogen-bond acceptors (Lipinski definition) is 0. The number of aryl methyl sites for hydroxylation is 2. The Morgan fingerprint density at radius 3 is 2.05 bits per heavy atom. The normalized spacial score (nSPS) is 11.9. The summed E-state index contributed by atoms with van der Waals surface area (Å²) in [5.41, 5.74) is 9.59. The quantitative estimate of drug-likeness (QED) is 0.203. The second-order valence-corrected chi connectivity index (χ2v) is 11.2. The van der Waals surface area contributed by atoms with E-state index in [0.29, 0.717) is 11.8 Å². The van der Waals surface area contributed by atoms with Gasteiger partial charge < -0.3 is 0 Å². The van der Waals surface area contributed by atoms with Gasteiger partial charge in [0.1, 0.15) is 28.7 Å². The molecule has 196 valence electrons. The molecule has 2 aromatic heterocycles. The molecule has 6 rings (SSSR count). The van der Waals surface area contributed by atoms with Gasteiger partial charge in [-0.05, 0) is 76.9 Å². The third kappa shape index (κ3) is 4.06. The molecule has 0 saturated carbocycles. The number of nitrogens with zero attached hydrogens (tertiary/aromatic N) is 3. The molecule has 0 aliphatic heterocycles. The van der Waals surface area contributed by atoms with Crippen LogP contribution in [0.3, 0.4) is 0 Å². The number of para-hydroxylation sites is 2. The molecule has 2 heterocycles. The highest BCUT2D eigenvalue weighted by molar-refractivity contribution is 6.09. The van der Waals surface area contributed by atoms with E-state index in [9.17, 15) is 4.39 Å². The zero-order chi connectivity index (χ0) is 27.4. The minimum atomic E-state index is -0.213. The molecule has 0 aliphatic carbocycles. The minimum Gasteiger partial charge on any atom is -0.237 e. The predicted molar refractivity (Wildman–Crippen MR) is 160 cm³/mol. The average molecular weight is 517 g/mol. The number of halogens is 1. The first-order valence-corrected chi connectivity index (χ1v) is 13.8. The molecule has 6 aromatic rings. The minimum absolute atomic E-state index is 0.213. The summed E-state index contributed by atoms with van der Waals surface area (Å²) in [6.07, 6.45) is 4.34. The van der Waals surface area contributed by atoms with E-state index in [1.165, 1.54) is 44.2 Å². The van der Waals surface area contributed by atoms with Gasteiger partial charge in [0, 0.05) is 10.8 Å². The number of fused-ring (bicyclic) bond motifs is 3. The molecule has 39 heavy (non-hydrogen) atoms. The van der Waals surface area contributed by atoms with Crippen molar-refractivity contribution in [1.82, 2.24) is 9.13 Å². The van der Waals surface area contributed by atoms with Crippen LogP contribution in [0.1, 0.15) is 56.2 Å². The largest absolute Gasteiger partial charge is 0.374 e. The molecule has 3 nitrogen and oxygen atoms in total. The molecule has 4 aromatic carbocycles. The molecule has 0 amide bonds. The van der Waals surface area contributed by atoms with E-state index in [1.807, 2.05) is 12.1 Å². The van der Waals surface area contributed by atoms with Crippen LogP contribution in [0.2, 0.25) is 0 Å². The lowest BCUT2D eigenvalue weighted by atomic mass is 9.88. The molecule has 0 spiro atoms. The summed E-state index contributed by atoms with van der Waals surface area (Å²) < 4.78 is 20.7. The van der Waals surface area contributed by atoms with Crippen LogP contribution in [0.15, 0.2) is 91.3 Å². The van der Waals surface area contributed by atoms with Crippen molar-refractivity contribution in [2.45, 2.75) is 46.5 Å². The maximum Gasteiger partial charge on any atom is 0.374 e. The molecule has 0 fully saturated rings. The van der Waals surface area contributed by atoms with E-state index < -0.39 is 0 Å². The van der Waals surface area contributed by atoms with E-state index in [0.717, 1.165) is 17.1 Å². The number of imidazole rings is 1. The van der Waals surface area contributed by atoms with Crippen LogP contribution >= 0.6 is 0 Å². The fourth-order valence-electron chi connectivity index (χ4n) is 5.96. The molecule has 0 radical (unpaired) electrons. The SMILES string of the molecule is Cc1cccc2c3ccccc3n(-c3n(-c4c(C(C)C)cc(-c5ccc(F)cc5)cc4C(C)C)cc[n+]3C)c12. The molecule has 0 atom stereocenters. The maximum atomic E-state index is 13.7. The van der Waals surface area contributed by atoms with Crippen molar-refractivity contribution in [3.05, 3.63) is 114 Å². The van der Waals surface area contributed by atoms with Crippen molar-refractivity contribution >= 4 is 21.8 Å². The van der Waals surface area contributed by atoms with Gasteiger partial charge in [0.15, 0.2) is 0 Å². The molecule has 0 unspecified atom stereocenters. The first-order chi connectivity index (χ1) is 18.8. The van der Waals surface area contributed by atoms with E-state index in [2.05, 4.69) is 122 Å². The highest BCUT2D eigenvalue weighted by Crippen LogP contribution is 2.39. The number of hydrogen-bond donors (Lipinski definition) is 0. The van der Waals surface area contributed by atoms with Crippen LogP contribution in [-0.2, 0) is 7.05 Å². The standard InChI is InChI=1S/C35H35FN3/c1-22(2)30-20-26(25-14-16-27(36)17-15-25)21-31(23(3)4)34(30)38-19-18-37(6)35(38)39-32-13-8-7-11-28(32)29-12-9-10-24(5)33(29)39/h7-23H,1-6H3/q+1. The lowest BCUT2D eigenvalue weighted by Crippen LogP contribution is -2.33. The highest BCUT2D eigenvalue weighted by Gasteiger charge is 2.29. The van der Waals surface area contributed by atoms with Crippen molar-refractivity contribution < 1.29 is 8.96 Å². The van der Waals surface area contributed by atoms with Gasteiger partial charge in [0.2, 0.25) is 0 Å². The molecule has 0 saturated heterocycles. The molecular weight excluding hydrogens is 481 g/mol. The van der Waals surface area contributed by atoms with Crippen LogP contribution in [0, 0.1) is 12.7 Å². The molecule has 0 N–H and O–H groups in total. The van der Waals surface area contributed by atoms with Gasteiger partial charge in [-0.1, -0.05) is 76.2 Å². The van der Waals surface area contributed by atoms with Gasteiger partial charge >= 0.3 is 5.95 Å². The van der Waals surface area contributed by atoms with Crippen LogP contribution in [-0.4, -0.2) is 9.13 Å². The summed E-state index contributed by atoms with van der Waals surface area (Å²) >= 11 is 0. The highest BCUT2D eigenvalue weighted by atomic mass is 19.1. The summed E-state index contributed by atoms with van der Waals surface area (Å²) in [5, 5.41) is 2.52. The molecule has 0 bridgehead atoms. The van der Waals surface area contributed by atoms with Gasteiger partial charge in [-0.3, -0.25) is 0 Å². The van der Waals surface area contributed by atoms with E-state index in [-0.39, 0.29) is 5.82 Å². The Labute approximate surface area is 229 Å². The fourth-order valence-corrected chi connectivity index (χ4v) is 5.96. The van der Waals surface area contributed by atoms with Crippen molar-refractivity contribution in [1.29, 1.82) is 0 Å². The third-order valence-electron chi connectivity index (χ3n) is 7.90. The van der Waals surface area contributed by atoms with Crippen LogP contribution in [0.5, 0.6) is 0 Å². The van der Waals surface area contributed by atoms with Gasteiger partial charge in [-0.25, -0.2) is 13.5 Å². The third-order valence-corrected chi connectivity index (χ3v) is 7.90. The van der Waals surface area contributed by atoms with Crippen LogP contribution in [0.4, 0.5) is 4.39 Å². The van der Waals surface area contributed by atoms with E-state index >= 15 is 0 Å². The van der Waals surface area contributed by atoms with Crippen molar-refractivity contribution in [2.75, 3.05) is 0 Å². The zero-order valence-corrected chi connectivity index (χ0v) is 23.5. The summed E-state index contributed by atoms with van der Waals surface area (Å²) in [6.45, 7) is 11.2. The summed E-state index contributed by atoms with van der Waals surface area (Å²) in [7, 11) is 2.13. The summed E-state index contributed by atoms with van der Waals surface area (Å²) in [4.78, 5) is 0. The van der Waals surface area contributed by atoms with E-state index in [4.69, 9.17) is 0 Å². The zero-order valence-electron chi connectivity index (χ0n) is 23.5. The van der Waals surface area contributed by atoms with Crippen molar-refractivity contribution in [3.63, 3.8) is 0 Å². The average Bonchev–Trinajstić information content (AvgIpc) is 3.46. The number of aromatic nitrogens is 3. The Morgan fingerprint density at radius 2 is 1.38 bits per heavy atom. The fraction of sp³-hybridized carbons (Fsp3) is 0.229. The van der Waals surface area contributed by atoms with Crippen molar-refractivity contribution in [3.8, 4) is 22.8 Å². The van der Waals surface area contributed by atoms with Gasteiger partial charge in [0.05, 0.1) is 13.2 Å². The Kier molecular flexibility index (Phi) is 6.14. The van der Waals surface area contributed by atoms with Crippen LogP contribution < -0.4 is 4.57 Å². The first kappa shape index (κ1) is 25.1. The molecule has 4 heteroatoms. The Balaban J connectivity index is 1.70. The first-order valence-electron chi connectivity index (χ1n) is 13.8. The number of benzene rings is 4. The number of rotatable bonds is 5. The Hall–Kier alpha value is -4.18. The smallest absolute Gasteiger partial charge is 0.237 e. The topological polar surface area (TPSA) is 13.7 Å². The van der Waals surface area contributed by atoms with Gasteiger partial charge in [-0.15, -0.1) is 0 Å². The summed E-state index contributed by atoms with van der Waals surface area (Å²) in [5.74, 6) is 1.46. The van der Waals surface area contributed by atoms with Gasteiger partial charge in [0.25, 0.3) is 0 Å². The molecule has 0 aliphatic rings. The lowest BCUT2D eigenvalue weighted by Gasteiger charge is -2.21. The summed E-state index contributed by atoms with van der Waals surface area (Å²) in [6, 6.07) is 26.7. The lowest BCUT2D eigenvalue weighted by molar-refractivity contribution is -0.664. The van der Waals surface area contributed by atoms with Crippen molar-refractivity contribution in [2.24, 2.45) is 7.05 Å². The predicted octanol–water partition coefficient (Wildman–Crippen LogP) is 8.76. The maximum absolute atomic E-state index is 13.7. The van der Waals surface area contributed by atoms with Gasteiger partial charge in [-0.2, -0.15) is 4.57 Å². The second-order valence-electron chi connectivity index (χ2n) is 11.2. The Morgan fingerprint density at radius 1 is 0.744 bits per heavy atom.